The minimum absolute atomic E-state index is 0.0358. The number of benzene rings is 1. The first kappa shape index (κ1) is 25.2. The molecule has 0 fully saturated rings. The molecule has 36 heavy (non-hydrogen) atoms. The van der Waals surface area contributed by atoms with Crippen molar-refractivity contribution < 1.29 is 22.7 Å². The van der Waals surface area contributed by atoms with Gasteiger partial charge in [-0.2, -0.15) is 5.10 Å². The summed E-state index contributed by atoms with van der Waals surface area (Å²) in [7, 11) is -3.53. The zero-order valence-corrected chi connectivity index (χ0v) is 21.1. The quantitative estimate of drug-likeness (QED) is 0.360. The fraction of sp³-hybridized carbons (Fsp3) is 0.292. The number of carbonyl (C=O) groups excluding carboxylic acids is 1. The third-order valence-corrected chi connectivity index (χ3v) is 6.26. The molecule has 3 aromatic heterocycles. The van der Waals surface area contributed by atoms with E-state index >= 15 is 0 Å². The highest BCUT2D eigenvalue weighted by atomic mass is 32.2. The number of ether oxygens (including phenoxy) is 2. The number of fused-ring (bicyclic) bond motifs is 1. The van der Waals surface area contributed by atoms with Crippen molar-refractivity contribution in [3.05, 3.63) is 60.7 Å². The Bertz CT molecular complexity index is 1480. The van der Waals surface area contributed by atoms with Crippen LogP contribution in [0.5, 0.6) is 5.88 Å². The average molecular weight is 511 g/mol. The van der Waals surface area contributed by atoms with Crippen LogP contribution in [0.3, 0.4) is 0 Å². The standard InChI is InChI=1S/C24H26N6O5S/c1-15(2)34-13-19(23(31)29-21-10-9-16(3)11-25-21)35-24-17-12-28-30(22(17)26-14-27-24)18-7-5-6-8-20(18)36(4,32)33/h5-12,14-15,19H,13H2,1-4H3,(H,25,29,31). The second kappa shape index (κ2) is 10.4. The Labute approximate surface area is 208 Å². The van der Waals surface area contributed by atoms with E-state index in [4.69, 9.17) is 9.47 Å². The number of amides is 1. The number of aromatic nitrogens is 5. The molecule has 1 unspecified atom stereocenters. The Morgan fingerprint density at radius 2 is 1.86 bits per heavy atom. The van der Waals surface area contributed by atoms with Crippen LogP contribution in [0.1, 0.15) is 19.4 Å². The van der Waals surface area contributed by atoms with Crippen LogP contribution >= 0.6 is 0 Å². The van der Waals surface area contributed by atoms with E-state index in [1.807, 2.05) is 26.8 Å². The molecule has 0 aliphatic heterocycles. The lowest BCUT2D eigenvalue weighted by atomic mass is 10.3. The molecule has 0 radical (unpaired) electrons. The maximum absolute atomic E-state index is 13.0. The Kier molecular flexibility index (Phi) is 7.27. The number of pyridine rings is 1. The first-order chi connectivity index (χ1) is 17.1. The number of nitrogens with zero attached hydrogens (tertiary/aromatic N) is 5. The summed E-state index contributed by atoms with van der Waals surface area (Å²) < 4.78 is 37.7. The van der Waals surface area contributed by atoms with E-state index in [1.54, 1.807) is 30.5 Å². The number of sulfone groups is 1. The molecule has 0 spiro atoms. The number of carbonyl (C=O) groups is 1. The predicted octanol–water partition coefficient (Wildman–Crippen LogP) is 2.73. The zero-order valence-electron chi connectivity index (χ0n) is 20.2. The van der Waals surface area contributed by atoms with Gasteiger partial charge < -0.3 is 14.8 Å². The van der Waals surface area contributed by atoms with Gasteiger partial charge in [0.25, 0.3) is 5.91 Å². The fourth-order valence-electron chi connectivity index (χ4n) is 3.36. The number of hydrogen-bond donors (Lipinski definition) is 1. The minimum atomic E-state index is -3.53. The molecule has 0 saturated carbocycles. The van der Waals surface area contributed by atoms with Gasteiger partial charge in [-0.15, -0.1) is 0 Å². The largest absolute Gasteiger partial charge is 0.461 e. The van der Waals surface area contributed by atoms with Crippen molar-refractivity contribution >= 4 is 32.6 Å². The second-order valence-electron chi connectivity index (χ2n) is 8.41. The van der Waals surface area contributed by atoms with Gasteiger partial charge in [0.15, 0.2) is 15.5 Å². The number of anilines is 1. The third kappa shape index (κ3) is 5.66. The fourth-order valence-corrected chi connectivity index (χ4v) is 4.22. The van der Waals surface area contributed by atoms with Crippen molar-refractivity contribution in [3.8, 4) is 11.6 Å². The van der Waals surface area contributed by atoms with Gasteiger partial charge >= 0.3 is 0 Å². The Hall–Kier alpha value is -3.90. The van der Waals surface area contributed by atoms with E-state index in [9.17, 15) is 13.2 Å². The molecule has 12 heteroatoms. The Morgan fingerprint density at radius 1 is 1.08 bits per heavy atom. The molecule has 3 heterocycles. The van der Waals surface area contributed by atoms with Crippen LogP contribution in [0.15, 0.2) is 60.0 Å². The lowest BCUT2D eigenvalue weighted by Crippen LogP contribution is -2.38. The molecule has 4 rings (SSSR count). The van der Waals surface area contributed by atoms with Gasteiger partial charge in [0.2, 0.25) is 12.0 Å². The van der Waals surface area contributed by atoms with Crippen LogP contribution in [0.25, 0.3) is 16.7 Å². The lowest BCUT2D eigenvalue weighted by molar-refractivity contribution is -0.126. The minimum Gasteiger partial charge on any atom is -0.461 e. The topological polar surface area (TPSA) is 138 Å². The Morgan fingerprint density at radius 3 is 2.56 bits per heavy atom. The molecule has 1 N–H and O–H groups in total. The van der Waals surface area contributed by atoms with Crippen LogP contribution < -0.4 is 10.1 Å². The highest BCUT2D eigenvalue weighted by Gasteiger charge is 2.25. The van der Waals surface area contributed by atoms with Crippen molar-refractivity contribution in [3.63, 3.8) is 0 Å². The van der Waals surface area contributed by atoms with Gasteiger partial charge in [0, 0.05) is 12.5 Å². The smallest absolute Gasteiger partial charge is 0.269 e. The molecule has 1 atom stereocenters. The molecule has 0 saturated heterocycles. The predicted molar refractivity (Wildman–Crippen MR) is 133 cm³/mol. The van der Waals surface area contributed by atoms with Gasteiger partial charge in [0.05, 0.1) is 29.5 Å². The average Bonchev–Trinajstić information content (AvgIpc) is 3.27. The summed E-state index contributed by atoms with van der Waals surface area (Å²) >= 11 is 0. The van der Waals surface area contributed by atoms with E-state index < -0.39 is 21.8 Å². The van der Waals surface area contributed by atoms with Crippen molar-refractivity contribution in [2.24, 2.45) is 0 Å². The molecule has 0 aliphatic rings. The molecule has 188 valence electrons. The van der Waals surface area contributed by atoms with Gasteiger partial charge in [-0.25, -0.2) is 28.1 Å². The summed E-state index contributed by atoms with van der Waals surface area (Å²) in [6.45, 7) is 5.56. The summed E-state index contributed by atoms with van der Waals surface area (Å²) in [6, 6.07) is 10.0. The molecule has 4 aromatic rings. The summed E-state index contributed by atoms with van der Waals surface area (Å²) in [4.78, 5) is 25.8. The van der Waals surface area contributed by atoms with E-state index in [1.165, 1.54) is 23.3 Å². The zero-order chi connectivity index (χ0) is 25.9. The van der Waals surface area contributed by atoms with E-state index in [2.05, 4.69) is 25.4 Å². The van der Waals surface area contributed by atoms with Crippen molar-refractivity contribution in [2.75, 3.05) is 18.2 Å². The van der Waals surface area contributed by atoms with Gasteiger partial charge in [-0.3, -0.25) is 4.79 Å². The number of para-hydroxylation sites is 1. The van der Waals surface area contributed by atoms with Gasteiger partial charge in [-0.1, -0.05) is 18.2 Å². The number of nitrogens with one attached hydrogen (secondary N) is 1. The highest BCUT2D eigenvalue weighted by Crippen LogP contribution is 2.27. The molecule has 0 aliphatic carbocycles. The van der Waals surface area contributed by atoms with Crippen LogP contribution in [0.2, 0.25) is 0 Å². The summed E-state index contributed by atoms with van der Waals surface area (Å²) in [5.41, 5.74) is 1.62. The summed E-state index contributed by atoms with van der Waals surface area (Å²) in [5, 5.41) is 7.46. The van der Waals surface area contributed by atoms with Crippen LogP contribution in [-0.4, -0.2) is 64.1 Å². The maximum atomic E-state index is 13.0. The summed E-state index contributed by atoms with van der Waals surface area (Å²) in [5.74, 6) is 0.0165. The van der Waals surface area contributed by atoms with Crippen molar-refractivity contribution in [1.29, 1.82) is 0 Å². The van der Waals surface area contributed by atoms with Crippen molar-refractivity contribution in [1.82, 2.24) is 24.7 Å². The highest BCUT2D eigenvalue weighted by molar-refractivity contribution is 7.90. The van der Waals surface area contributed by atoms with Gasteiger partial charge in [-0.05, 0) is 44.5 Å². The Balaban J connectivity index is 1.67. The number of rotatable bonds is 9. The molecular formula is C24H26N6O5S. The second-order valence-corrected chi connectivity index (χ2v) is 10.4. The van der Waals surface area contributed by atoms with Crippen LogP contribution in [-0.2, 0) is 19.4 Å². The monoisotopic (exact) mass is 510 g/mol. The first-order valence-corrected chi connectivity index (χ1v) is 13.0. The number of hydrogen-bond acceptors (Lipinski definition) is 9. The normalized spacial score (nSPS) is 12.6. The van der Waals surface area contributed by atoms with Gasteiger partial charge in [0.1, 0.15) is 17.5 Å². The summed E-state index contributed by atoms with van der Waals surface area (Å²) in [6.07, 6.45) is 4.30. The third-order valence-electron chi connectivity index (χ3n) is 5.11. The lowest BCUT2D eigenvalue weighted by Gasteiger charge is -2.19. The van der Waals surface area contributed by atoms with E-state index in [-0.39, 0.29) is 23.5 Å². The molecule has 11 nitrogen and oxygen atoms in total. The van der Waals surface area contributed by atoms with E-state index in [0.29, 0.717) is 22.5 Å². The number of aryl methyl sites for hydroxylation is 1. The molecular weight excluding hydrogens is 484 g/mol. The van der Waals surface area contributed by atoms with Crippen molar-refractivity contribution in [2.45, 2.75) is 37.9 Å². The van der Waals surface area contributed by atoms with E-state index in [0.717, 1.165) is 11.8 Å². The molecule has 1 aromatic carbocycles. The van der Waals surface area contributed by atoms with Crippen LogP contribution in [0, 0.1) is 6.92 Å². The van der Waals surface area contributed by atoms with Crippen LogP contribution in [0.4, 0.5) is 5.82 Å². The maximum Gasteiger partial charge on any atom is 0.269 e. The molecule has 0 bridgehead atoms. The molecule has 1 amide bonds. The SMILES string of the molecule is Cc1ccc(NC(=O)C(COC(C)C)Oc2ncnc3c2cnn3-c2ccccc2S(C)(=O)=O)nc1. The first-order valence-electron chi connectivity index (χ1n) is 11.1.